The standard InChI is InChI=1S/C76H141N2O7P/c1-7-10-13-16-19-22-25-28-30-32-34-36-37-38-39-40-41-43-44-46-48-50-53-56-59-62-65-68-75(79)77-73(72-84-86(81,82)83-71-70-78(4,5)6)74(67-64-61-58-55-52-27-24-21-18-15-12-9-3)85-76(80)69-66-63-60-57-54-51-49-47-45-42-35-33-31-29-26-23-20-17-14-11-8-2/h19-20,22-23,28-31,34,36,64,67,73-74H,7-18,21,24-27,32-33,35,37-63,65-66,68-72H2,1-6H3,(H-,77,79,81,82)/b22-19-,23-20-,30-28-,31-29-,36-34-,67-64-. The number of likely N-dealkylation sites (N-methyl/N-ethyl adjacent to an activating group) is 1. The van der Waals surface area contributed by atoms with Gasteiger partial charge in [-0.05, 0) is 102 Å². The minimum Gasteiger partial charge on any atom is -0.756 e. The molecule has 0 bridgehead atoms. The summed E-state index contributed by atoms with van der Waals surface area (Å²) in [7, 11) is 1.19. The number of esters is 1. The first-order chi connectivity index (χ1) is 41.9. The van der Waals surface area contributed by atoms with Crippen LogP contribution < -0.4 is 10.2 Å². The number of allylic oxidation sites excluding steroid dienone is 11. The monoisotopic (exact) mass is 1230 g/mol. The molecular weight excluding hydrogens is 1080 g/mol. The highest BCUT2D eigenvalue weighted by Gasteiger charge is 2.27. The summed E-state index contributed by atoms with van der Waals surface area (Å²) in [5.41, 5.74) is 0. The van der Waals surface area contributed by atoms with Crippen molar-refractivity contribution in [1.29, 1.82) is 0 Å². The summed E-state index contributed by atoms with van der Waals surface area (Å²) in [6.45, 7) is 6.83. The van der Waals surface area contributed by atoms with Crippen LogP contribution in [0.15, 0.2) is 72.9 Å². The van der Waals surface area contributed by atoms with Crippen LogP contribution >= 0.6 is 7.82 Å². The first kappa shape index (κ1) is 83.5. The van der Waals surface area contributed by atoms with Crippen LogP contribution in [0.25, 0.3) is 0 Å². The van der Waals surface area contributed by atoms with E-state index in [1.807, 2.05) is 33.3 Å². The molecule has 0 saturated carbocycles. The predicted octanol–water partition coefficient (Wildman–Crippen LogP) is 22.9. The molecule has 0 aliphatic heterocycles. The van der Waals surface area contributed by atoms with Crippen molar-refractivity contribution in [2.45, 2.75) is 360 Å². The average molecular weight is 1230 g/mol. The maximum atomic E-state index is 13.6. The van der Waals surface area contributed by atoms with Gasteiger partial charge in [0.15, 0.2) is 0 Å². The van der Waals surface area contributed by atoms with Crippen molar-refractivity contribution in [2.24, 2.45) is 0 Å². The van der Waals surface area contributed by atoms with Gasteiger partial charge in [0.05, 0.1) is 33.8 Å². The third kappa shape index (κ3) is 65.9. The fraction of sp³-hybridized carbons (Fsp3) is 0.816. The van der Waals surface area contributed by atoms with E-state index in [1.165, 1.54) is 238 Å². The Bertz CT molecular complexity index is 1700. The first-order valence-electron chi connectivity index (χ1n) is 36.7. The zero-order valence-electron chi connectivity index (χ0n) is 57.5. The van der Waals surface area contributed by atoms with Gasteiger partial charge in [0.25, 0.3) is 7.82 Å². The van der Waals surface area contributed by atoms with E-state index in [2.05, 4.69) is 86.8 Å². The Hall–Kier alpha value is -2.55. The molecule has 0 spiro atoms. The van der Waals surface area contributed by atoms with Gasteiger partial charge >= 0.3 is 5.97 Å². The number of quaternary nitrogens is 1. The third-order valence-electron chi connectivity index (χ3n) is 16.4. The number of hydrogen-bond donors (Lipinski definition) is 1. The highest BCUT2D eigenvalue weighted by Crippen LogP contribution is 2.38. The van der Waals surface area contributed by atoms with E-state index in [4.69, 9.17) is 13.8 Å². The number of carbonyl (C=O) groups excluding carboxylic acids is 2. The lowest BCUT2D eigenvalue weighted by Gasteiger charge is -2.30. The number of phosphoric ester groups is 1. The molecule has 0 aliphatic rings. The fourth-order valence-electron chi connectivity index (χ4n) is 10.7. The second-order valence-electron chi connectivity index (χ2n) is 26.1. The largest absolute Gasteiger partial charge is 0.756 e. The fourth-order valence-corrected chi connectivity index (χ4v) is 11.4. The number of ether oxygens (including phenoxy) is 1. The van der Waals surface area contributed by atoms with Crippen molar-refractivity contribution in [2.75, 3.05) is 40.9 Å². The molecule has 86 heavy (non-hydrogen) atoms. The third-order valence-corrected chi connectivity index (χ3v) is 17.3. The van der Waals surface area contributed by atoms with Crippen molar-refractivity contribution < 1.29 is 37.3 Å². The van der Waals surface area contributed by atoms with Crippen LogP contribution in [0.1, 0.15) is 348 Å². The van der Waals surface area contributed by atoms with Crippen molar-refractivity contribution >= 4 is 19.7 Å². The number of amides is 1. The highest BCUT2D eigenvalue weighted by molar-refractivity contribution is 7.45. The van der Waals surface area contributed by atoms with Gasteiger partial charge < -0.3 is 28.5 Å². The Morgan fingerprint density at radius 1 is 0.407 bits per heavy atom. The molecule has 502 valence electrons. The van der Waals surface area contributed by atoms with Crippen LogP contribution in [-0.2, 0) is 27.9 Å². The molecular formula is C76H141N2O7P. The lowest BCUT2D eigenvalue weighted by Crippen LogP contribution is -2.47. The van der Waals surface area contributed by atoms with E-state index in [-0.39, 0.29) is 31.5 Å². The summed E-state index contributed by atoms with van der Waals surface area (Å²) in [5.74, 6) is -0.533. The van der Waals surface area contributed by atoms with Gasteiger partial charge in [-0.2, -0.15) is 0 Å². The van der Waals surface area contributed by atoms with Crippen LogP contribution in [0.3, 0.4) is 0 Å². The zero-order valence-corrected chi connectivity index (χ0v) is 58.4. The molecule has 3 atom stereocenters. The molecule has 1 N–H and O–H groups in total. The molecule has 0 aromatic carbocycles. The molecule has 0 aromatic heterocycles. The smallest absolute Gasteiger partial charge is 0.306 e. The van der Waals surface area contributed by atoms with Gasteiger partial charge in [0.1, 0.15) is 19.3 Å². The van der Waals surface area contributed by atoms with Gasteiger partial charge in [0.2, 0.25) is 5.91 Å². The molecule has 9 nitrogen and oxygen atoms in total. The van der Waals surface area contributed by atoms with Crippen LogP contribution in [-0.4, -0.2) is 69.4 Å². The van der Waals surface area contributed by atoms with Gasteiger partial charge in [-0.1, -0.05) is 306 Å². The molecule has 1 amide bonds. The van der Waals surface area contributed by atoms with Crippen LogP contribution in [0.5, 0.6) is 0 Å². The number of nitrogens with one attached hydrogen (secondary N) is 1. The molecule has 3 unspecified atom stereocenters. The van der Waals surface area contributed by atoms with Gasteiger partial charge in [0, 0.05) is 12.8 Å². The summed E-state index contributed by atoms with van der Waals surface area (Å²) >= 11 is 0. The number of rotatable bonds is 67. The molecule has 0 fully saturated rings. The summed E-state index contributed by atoms with van der Waals surface area (Å²) in [5, 5.41) is 3.05. The molecule has 0 aromatic rings. The number of nitrogens with zero attached hydrogens (tertiary/aromatic N) is 1. The number of carbonyl (C=O) groups is 2. The Balaban J connectivity index is 5.00. The van der Waals surface area contributed by atoms with E-state index in [0.717, 1.165) is 77.0 Å². The van der Waals surface area contributed by atoms with E-state index in [0.29, 0.717) is 17.4 Å². The summed E-state index contributed by atoms with van der Waals surface area (Å²) in [6, 6.07) is -0.892. The van der Waals surface area contributed by atoms with Crippen molar-refractivity contribution in [3.63, 3.8) is 0 Å². The van der Waals surface area contributed by atoms with Crippen molar-refractivity contribution in [3.05, 3.63) is 72.9 Å². The van der Waals surface area contributed by atoms with Crippen LogP contribution in [0, 0.1) is 0 Å². The Morgan fingerprint density at radius 2 is 0.709 bits per heavy atom. The maximum Gasteiger partial charge on any atom is 0.306 e. The lowest BCUT2D eigenvalue weighted by molar-refractivity contribution is -0.870. The SMILES string of the molecule is CCCCC/C=C\C/C=C\C/C=C\CCCCCCCCCCCCCCCCC(=O)NC(COP(=O)([O-])OCC[N+](C)(C)C)C(/C=C\CCCCCCCCCCCC)OC(=O)CCCCCCCCCCCCC/C=C\C/C=C\CCCCC. The summed E-state index contributed by atoms with van der Waals surface area (Å²) in [4.78, 5) is 40.2. The average Bonchev–Trinajstić information content (AvgIpc) is 3.67. The molecule has 10 heteroatoms. The Morgan fingerprint density at radius 3 is 1.08 bits per heavy atom. The summed E-state index contributed by atoms with van der Waals surface area (Å²) in [6.07, 6.45) is 86.0. The summed E-state index contributed by atoms with van der Waals surface area (Å²) < 4.78 is 30.5. The maximum absolute atomic E-state index is 13.6. The van der Waals surface area contributed by atoms with Crippen LogP contribution in [0.2, 0.25) is 0 Å². The normalized spacial score (nSPS) is 13.9. The number of phosphoric acid groups is 1. The second-order valence-corrected chi connectivity index (χ2v) is 27.5. The van der Waals surface area contributed by atoms with Crippen molar-refractivity contribution in [1.82, 2.24) is 5.32 Å². The van der Waals surface area contributed by atoms with Crippen molar-refractivity contribution in [3.8, 4) is 0 Å². The molecule has 0 saturated heterocycles. The van der Waals surface area contributed by atoms with E-state index >= 15 is 0 Å². The van der Waals surface area contributed by atoms with E-state index in [9.17, 15) is 19.0 Å². The molecule has 0 heterocycles. The number of unbranched alkanes of at least 4 members (excludes halogenated alkanes) is 41. The number of hydrogen-bond acceptors (Lipinski definition) is 7. The topological polar surface area (TPSA) is 114 Å². The second kappa shape index (κ2) is 65.4. The lowest BCUT2D eigenvalue weighted by atomic mass is 10.0. The zero-order chi connectivity index (χ0) is 62.8. The molecule has 0 rings (SSSR count). The Labute approximate surface area is 533 Å². The molecule has 0 radical (unpaired) electrons. The Kier molecular flexibility index (Phi) is 63.5. The van der Waals surface area contributed by atoms with Crippen LogP contribution in [0.4, 0.5) is 0 Å². The quantitative estimate of drug-likeness (QED) is 0.0212. The van der Waals surface area contributed by atoms with E-state index in [1.54, 1.807) is 0 Å². The first-order valence-corrected chi connectivity index (χ1v) is 38.2. The van der Waals surface area contributed by atoms with Gasteiger partial charge in [-0.25, -0.2) is 0 Å². The van der Waals surface area contributed by atoms with Gasteiger partial charge in [-0.3, -0.25) is 14.2 Å². The minimum absolute atomic E-state index is 0.0233. The van der Waals surface area contributed by atoms with Gasteiger partial charge in [-0.15, -0.1) is 0 Å². The predicted molar refractivity (Wildman–Crippen MR) is 372 cm³/mol. The highest BCUT2D eigenvalue weighted by atomic mass is 31.2. The molecule has 0 aliphatic carbocycles. The minimum atomic E-state index is -4.71. The van der Waals surface area contributed by atoms with E-state index < -0.39 is 20.0 Å².